The van der Waals surface area contributed by atoms with Crippen molar-refractivity contribution < 1.29 is 18.3 Å². The van der Waals surface area contributed by atoms with E-state index in [1.165, 1.54) is 0 Å². The number of hydrogen-bond donors (Lipinski definition) is 1. The van der Waals surface area contributed by atoms with E-state index in [2.05, 4.69) is 6.58 Å². The fourth-order valence-electron chi connectivity index (χ4n) is 1.03. The van der Waals surface area contributed by atoms with Crippen molar-refractivity contribution >= 4 is 11.8 Å². The van der Waals surface area contributed by atoms with Crippen LogP contribution in [0.5, 0.6) is 0 Å². The van der Waals surface area contributed by atoms with E-state index in [1.807, 2.05) is 6.07 Å². The Balaban J connectivity index is 2.49. The van der Waals surface area contributed by atoms with Crippen molar-refractivity contribution in [1.82, 2.24) is 0 Å². The summed E-state index contributed by atoms with van der Waals surface area (Å²) in [6, 6.07) is 8.94. The van der Waals surface area contributed by atoms with Gasteiger partial charge in [-0.15, -0.1) is 0 Å². The first kappa shape index (κ1) is 13.1. The summed E-state index contributed by atoms with van der Waals surface area (Å²) in [7, 11) is 0. The summed E-state index contributed by atoms with van der Waals surface area (Å²) >= 11 is 1.13. The molecule has 1 unspecified atom stereocenters. The molecule has 0 heterocycles. The summed E-state index contributed by atoms with van der Waals surface area (Å²) in [6.45, 7) is 3.51. The number of rotatable bonds is 4. The van der Waals surface area contributed by atoms with E-state index in [4.69, 9.17) is 5.11 Å². The molecule has 0 saturated heterocycles. The molecule has 0 aliphatic rings. The molecular weight excluding hydrogens is 237 g/mol. The van der Waals surface area contributed by atoms with Crippen LogP contribution in [0.3, 0.4) is 0 Å². The van der Waals surface area contributed by atoms with Gasteiger partial charge in [0.1, 0.15) is 0 Å². The van der Waals surface area contributed by atoms with Crippen molar-refractivity contribution in [1.29, 1.82) is 0 Å². The normalized spacial score (nSPS) is 13.5. The van der Waals surface area contributed by atoms with Crippen LogP contribution in [0, 0.1) is 0 Å². The van der Waals surface area contributed by atoms with E-state index in [0.29, 0.717) is 0 Å². The van der Waals surface area contributed by atoms with Gasteiger partial charge in [0, 0.05) is 11.3 Å². The molecule has 1 aromatic rings. The van der Waals surface area contributed by atoms with Gasteiger partial charge in [0.2, 0.25) is 0 Å². The molecule has 0 aliphatic heterocycles. The quantitative estimate of drug-likeness (QED) is 0.821. The van der Waals surface area contributed by atoms with Crippen LogP contribution in [0.4, 0.5) is 13.2 Å². The largest absolute Gasteiger partial charge is 0.414 e. The maximum Gasteiger partial charge on any atom is 0.414 e. The molecule has 1 rings (SSSR count). The molecule has 0 saturated carbocycles. The van der Waals surface area contributed by atoms with Gasteiger partial charge >= 0.3 is 6.18 Å². The van der Waals surface area contributed by atoms with Crippen LogP contribution in [0.1, 0.15) is 6.42 Å². The number of aliphatic hydroxyl groups excluding tert-OH is 1. The van der Waals surface area contributed by atoms with E-state index in [-0.39, 0.29) is 4.91 Å². The highest BCUT2D eigenvalue weighted by atomic mass is 32.2. The number of halogens is 3. The predicted octanol–water partition coefficient (Wildman–Crippen LogP) is 3.61. The van der Waals surface area contributed by atoms with Gasteiger partial charge in [-0.05, 0) is 17.0 Å². The lowest BCUT2D eigenvalue weighted by atomic mass is 10.2. The summed E-state index contributed by atoms with van der Waals surface area (Å²) in [5.41, 5.74) is 0. The molecule has 1 nitrogen and oxygen atoms in total. The summed E-state index contributed by atoms with van der Waals surface area (Å²) < 4.78 is 36.1. The van der Waals surface area contributed by atoms with Gasteiger partial charge < -0.3 is 5.11 Å². The smallest absolute Gasteiger partial charge is 0.383 e. The molecule has 0 aliphatic carbocycles. The maximum absolute atomic E-state index is 12.0. The van der Waals surface area contributed by atoms with Gasteiger partial charge in [-0.2, -0.15) is 13.2 Å². The van der Waals surface area contributed by atoms with Crippen LogP contribution in [0.15, 0.2) is 46.7 Å². The summed E-state index contributed by atoms with van der Waals surface area (Å²) in [4.78, 5) is 1.10. The average Bonchev–Trinajstić information content (AvgIpc) is 2.17. The second-order valence-corrected chi connectivity index (χ2v) is 4.47. The molecule has 0 radical (unpaired) electrons. The highest BCUT2D eigenvalue weighted by Crippen LogP contribution is 2.32. The molecule has 5 heteroatoms. The monoisotopic (exact) mass is 248 g/mol. The fourth-order valence-corrected chi connectivity index (χ4v) is 1.90. The first-order chi connectivity index (χ1) is 7.39. The molecule has 1 aromatic carbocycles. The first-order valence-corrected chi connectivity index (χ1v) is 5.36. The predicted molar refractivity (Wildman–Crippen MR) is 58.1 cm³/mol. The van der Waals surface area contributed by atoms with Crippen LogP contribution in [-0.2, 0) is 0 Å². The van der Waals surface area contributed by atoms with Gasteiger partial charge in [-0.3, -0.25) is 0 Å². The number of benzene rings is 1. The summed E-state index contributed by atoms with van der Waals surface area (Å²) in [6.07, 6.45) is -7.40. The Morgan fingerprint density at radius 3 is 2.38 bits per heavy atom. The number of thioether (sulfide) groups is 1. The Kier molecular flexibility index (Phi) is 4.44. The van der Waals surface area contributed by atoms with E-state index in [0.717, 1.165) is 16.7 Å². The lowest BCUT2D eigenvalue weighted by Gasteiger charge is -2.15. The summed E-state index contributed by atoms with van der Waals surface area (Å²) in [5, 5.41) is 8.83. The van der Waals surface area contributed by atoms with Crippen molar-refractivity contribution in [3.05, 3.63) is 41.8 Å². The van der Waals surface area contributed by atoms with Crippen molar-refractivity contribution in [3.8, 4) is 0 Å². The number of aliphatic hydroxyl groups is 1. The highest BCUT2D eigenvalue weighted by Gasteiger charge is 2.38. The minimum Gasteiger partial charge on any atom is -0.383 e. The third-order valence-electron chi connectivity index (χ3n) is 1.80. The van der Waals surface area contributed by atoms with Gasteiger partial charge in [0.25, 0.3) is 0 Å². The molecule has 0 amide bonds. The van der Waals surface area contributed by atoms with Gasteiger partial charge in [-0.1, -0.05) is 36.5 Å². The SMILES string of the molecule is C=C(CC(O)C(F)(F)F)Sc1ccccc1. The maximum atomic E-state index is 12.0. The molecule has 0 fully saturated rings. The third kappa shape index (κ3) is 4.28. The van der Waals surface area contributed by atoms with E-state index in [9.17, 15) is 13.2 Å². The van der Waals surface area contributed by atoms with Gasteiger partial charge in [0.15, 0.2) is 6.10 Å². The van der Waals surface area contributed by atoms with Gasteiger partial charge in [-0.25, -0.2) is 0 Å². The Bertz CT molecular complexity index is 348. The van der Waals surface area contributed by atoms with Gasteiger partial charge in [0.05, 0.1) is 0 Å². The number of alkyl halides is 3. The lowest BCUT2D eigenvalue weighted by molar-refractivity contribution is -0.202. The average molecular weight is 248 g/mol. The molecule has 0 aromatic heterocycles. The van der Waals surface area contributed by atoms with Crippen LogP contribution in [-0.4, -0.2) is 17.4 Å². The molecule has 1 N–H and O–H groups in total. The molecule has 0 spiro atoms. The standard InChI is InChI=1S/C11H11F3OS/c1-8(7-10(15)11(12,13)14)16-9-5-3-2-4-6-9/h2-6,10,15H,1,7H2. The lowest BCUT2D eigenvalue weighted by Crippen LogP contribution is -2.28. The number of hydrogen-bond acceptors (Lipinski definition) is 2. The fraction of sp³-hybridized carbons (Fsp3) is 0.273. The zero-order valence-electron chi connectivity index (χ0n) is 8.37. The Labute approximate surface area is 96.0 Å². The molecule has 1 atom stereocenters. The zero-order chi connectivity index (χ0) is 12.2. The van der Waals surface area contributed by atoms with Crippen molar-refractivity contribution in [2.75, 3.05) is 0 Å². The second-order valence-electron chi connectivity index (χ2n) is 3.22. The van der Waals surface area contributed by atoms with Crippen molar-refractivity contribution in [2.45, 2.75) is 23.6 Å². The third-order valence-corrected chi connectivity index (χ3v) is 2.77. The second kappa shape index (κ2) is 5.41. The Hall–Kier alpha value is -0.940. The van der Waals surface area contributed by atoms with E-state index < -0.39 is 18.7 Å². The highest BCUT2D eigenvalue weighted by molar-refractivity contribution is 8.03. The van der Waals surface area contributed by atoms with E-state index in [1.54, 1.807) is 24.3 Å². The minimum absolute atomic E-state index is 0.288. The molecule has 16 heavy (non-hydrogen) atoms. The Morgan fingerprint density at radius 2 is 1.88 bits per heavy atom. The van der Waals surface area contributed by atoms with Crippen molar-refractivity contribution in [2.24, 2.45) is 0 Å². The molecule has 0 bridgehead atoms. The summed E-state index contributed by atoms with van der Waals surface area (Å²) in [5.74, 6) is 0. The molecular formula is C11H11F3OS. The zero-order valence-corrected chi connectivity index (χ0v) is 9.18. The Morgan fingerprint density at radius 1 is 1.31 bits per heavy atom. The van der Waals surface area contributed by atoms with Crippen molar-refractivity contribution in [3.63, 3.8) is 0 Å². The topological polar surface area (TPSA) is 20.2 Å². The minimum atomic E-state index is -4.58. The first-order valence-electron chi connectivity index (χ1n) is 4.55. The van der Waals surface area contributed by atoms with Crippen LogP contribution < -0.4 is 0 Å². The van der Waals surface area contributed by atoms with Crippen LogP contribution in [0.2, 0.25) is 0 Å². The molecule has 88 valence electrons. The van der Waals surface area contributed by atoms with Crippen LogP contribution >= 0.6 is 11.8 Å². The van der Waals surface area contributed by atoms with E-state index >= 15 is 0 Å². The van der Waals surface area contributed by atoms with Crippen LogP contribution in [0.25, 0.3) is 0 Å².